The molecule has 0 spiro atoms. The largest absolute Gasteiger partial charge is 0.314 e. The molecule has 1 atom stereocenters. The first-order chi connectivity index (χ1) is 10.1. The molecule has 0 radical (unpaired) electrons. The van der Waals surface area contributed by atoms with Crippen molar-refractivity contribution >= 4 is 11.6 Å². The third-order valence-electron chi connectivity index (χ3n) is 3.91. The van der Waals surface area contributed by atoms with Crippen molar-refractivity contribution in [2.45, 2.75) is 19.0 Å². The summed E-state index contributed by atoms with van der Waals surface area (Å²) < 4.78 is 13.3. The van der Waals surface area contributed by atoms with Crippen LogP contribution < -0.4 is 10.2 Å². The predicted octanol–water partition coefficient (Wildman–Crippen LogP) is 2.50. The number of nitrogens with zero attached hydrogens (tertiary/aromatic N) is 1. The maximum Gasteiger partial charge on any atom is 0.244 e. The van der Waals surface area contributed by atoms with Gasteiger partial charge in [0, 0.05) is 19.3 Å². The van der Waals surface area contributed by atoms with E-state index in [1.165, 1.54) is 28.2 Å². The Morgan fingerprint density at radius 2 is 1.95 bits per heavy atom. The molecule has 3 rings (SSSR count). The van der Waals surface area contributed by atoms with Gasteiger partial charge in [-0.15, -0.1) is 0 Å². The molecule has 21 heavy (non-hydrogen) atoms. The summed E-state index contributed by atoms with van der Waals surface area (Å²) in [4.78, 5) is 14.1. The summed E-state index contributed by atoms with van der Waals surface area (Å²) in [6, 6.07) is 13.9. The third kappa shape index (κ3) is 2.81. The Labute approximate surface area is 123 Å². The normalized spacial score (nSPS) is 17.1. The van der Waals surface area contributed by atoms with Crippen LogP contribution in [0.3, 0.4) is 0 Å². The Kier molecular flexibility index (Phi) is 3.71. The van der Waals surface area contributed by atoms with Gasteiger partial charge in [-0.3, -0.25) is 4.79 Å². The molecule has 0 unspecified atom stereocenters. The van der Waals surface area contributed by atoms with E-state index in [1.54, 1.807) is 19.2 Å². The molecule has 3 nitrogen and oxygen atoms in total. The second kappa shape index (κ2) is 5.66. The first kappa shape index (κ1) is 13.8. The zero-order valence-corrected chi connectivity index (χ0v) is 11.8. The number of fused-ring (bicyclic) bond motifs is 1. The maximum absolute atomic E-state index is 13.3. The molecule has 4 heteroatoms. The molecule has 0 bridgehead atoms. The van der Waals surface area contributed by atoms with Crippen LogP contribution in [0.5, 0.6) is 0 Å². The van der Waals surface area contributed by atoms with Crippen molar-refractivity contribution in [2.24, 2.45) is 0 Å². The fourth-order valence-electron chi connectivity index (χ4n) is 2.67. The Morgan fingerprint density at radius 1 is 1.19 bits per heavy atom. The summed E-state index contributed by atoms with van der Waals surface area (Å²) in [5.74, 6) is -0.385. The second-order valence-corrected chi connectivity index (χ2v) is 5.28. The van der Waals surface area contributed by atoms with Crippen LogP contribution in [-0.2, 0) is 17.8 Å². The summed E-state index contributed by atoms with van der Waals surface area (Å²) in [6.07, 6.45) is 0.661. The van der Waals surface area contributed by atoms with Crippen molar-refractivity contribution in [1.29, 1.82) is 0 Å². The highest BCUT2D eigenvalue weighted by Crippen LogP contribution is 2.20. The van der Waals surface area contributed by atoms with E-state index in [-0.39, 0.29) is 17.8 Å². The van der Waals surface area contributed by atoms with E-state index in [4.69, 9.17) is 0 Å². The molecule has 1 heterocycles. The highest BCUT2D eigenvalue weighted by atomic mass is 19.1. The number of halogens is 1. The standard InChI is InChI=1S/C17H17FN2O/c1-20(15-8-4-7-14(18)10-15)17(21)16-9-12-5-2-3-6-13(12)11-19-16/h2-8,10,16,19H,9,11H2,1H3/t16-/m0/s1. The van der Waals surface area contributed by atoms with E-state index < -0.39 is 0 Å². The third-order valence-corrected chi connectivity index (χ3v) is 3.91. The van der Waals surface area contributed by atoms with Gasteiger partial charge < -0.3 is 10.2 Å². The fourth-order valence-corrected chi connectivity index (χ4v) is 2.67. The first-order valence-corrected chi connectivity index (χ1v) is 6.98. The molecule has 0 aromatic heterocycles. The van der Waals surface area contributed by atoms with E-state index in [0.717, 1.165) is 0 Å². The zero-order valence-electron chi connectivity index (χ0n) is 11.8. The molecule has 1 N–H and O–H groups in total. The Hall–Kier alpha value is -2.20. The van der Waals surface area contributed by atoms with Gasteiger partial charge in [0.25, 0.3) is 0 Å². The molecule has 0 saturated carbocycles. The molecule has 2 aromatic rings. The summed E-state index contributed by atoms with van der Waals surface area (Å²) in [6.45, 7) is 0.684. The molecule has 0 fully saturated rings. The summed E-state index contributed by atoms with van der Waals surface area (Å²) in [5, 5.41) is 3.26. The maximum atomic E-state index is 13.3. The minimum Gasteiger partial charge on any atom is -0.314 e. The lowest BCUT2D eigenvalue weighted by molar-refractivity contribution is -0.120. The number of carbonyl (C=O) groups excluding carboxylic acids is 1. The number of anilines is 1. The second-order valence-electron chi connectivity index (χ2n) is 5.28. The van der Waals surface area contributed by atoms with Gasteiger partial charge in [-0.2, -0.15) is 0 Å². The zero-order chi connectivity index (χ0) is 14.8. The van der Waals surface area contributed by atoms with E-state index >= 15 is 0 Å². The number of rotatable bonds is 2. The van der Waals surface area contributed by atoms with Gasteiger partial charge in [-0.05, 0) is 35.7 Å². The van der Waals surface area contributed by atoms with Crippen molar-refractivity contribution in [3.63, 3.8) is 0 Å². The molecule has 1 amide bonds. The van der Waals surface area contributed by atoms with Gasteiger partial charge >= 0.3 is 0 Å². The number of benzene rings is 2. The van der Waals surface area contributed by atoms with Crippen LogP contribution in [0.1, 0.15) is 11.1 Å². The van der Waals surface area contributed by atoms with Crippen molar-refractivity contribution in [3.05, 3.63) is 65.5 Å². The Balaban J connectivity index is 1.77. The minimum atomic E-state index is -0.339. The van der Waals surface area contributed by atoms with E-state index in [9.17, 15) is 9.18 Å². The van der Waals surface area contributed by atoms with Gasteiger partial charge in [-0.25, -0.2) is 4.39 Å². The molecular formula is C17H17FN2O. The van der Waals surface area contributed by atoms with E-state index in [2.05, 4.69) is 17.4 Å². The van der Waals surface area contributed by atoms with Crippen LogP contribution in [0.2, 0.25) is 0 Å². The van der Waals surface area contributed by atoms with Crippen molar-refractivity contribution in [1.82, 2.24) is 5.32 Å². The molecule has 1 aliphatic rings. The molecular weight excluding hydrogens is 267 g/mol. The number of amides is 1. The average Bonchev–Trinajstić information content (AvgIpc) is 2.53. The van der Waals surface area contributed by atoms with Crippen molar-refractivity contribution in [3.8, 4) is 0 Å². The molecule has 0 aliphatic carbocycles. The lowest BCUT2D eigenvalue weighted by Gasteiger charge is -2.29. The van der Waals surface area contributed by atoms with Gasteiger partial charge in [0.05, 0.1) is 6.04 Å². The van der Waals surface area contributed by atoms with E-state index in [0.29, 0.717) is 18.7 Å². The van der Waals surface area contributed by atoms with Crippen LogP contribution in [0.4, 0.5) is 10.1 Å². The van der Waals surface area contributed by atoms with Crippen LogP contribution in [-0.4, -0.2) is 19.0 Å². The van der Waals surface area contributed by atoms with Gasteiger partial charge in [0.2, 0.25) is 5.91 Å². The van der Waals surface area contributed by atoms with Crippen LogP contribution >= 0.6 is 0 Å². The van der Waals surface area contributed by atoms with E-state index in [1.807, 2.05) is 12.1 Å². The lowest BCUT2D eigenvalue weighted by atomic mass is 9.95. The summed E-state index contributed by atoms with van der Waals surface area (Å²) >= 11 is 0. The number of hydrogen-bond acceptors (Lipinski definition) is 2. The van der Waals surface area contributed by atoms with Crippen LogP contribution in [0.25, 0.3) is 0 Å². The van der Waals surface area contributed by atoms with Gasteiger partial charge in [0.1, 0.15) is 5.82 Å². The van der Waals surface area contributed by atoms with Crippen molar-refractivity contribution < 1.29 is 9.18 Å². The molecule has 108 valence electrons. The topological polar surface area (TPSA) is 32.3 Å². The fraction of sp³-hybridized carbons (Fsp3) is 0.235. The number of nitrogens with one attached hydrogen (secondary N) is 1. The molecule has 0 saturated heterocycles. The number of carbonyl (C=O) groups is 1. The van der Waals surface area contributed by atoms with Crippen molar-refractivity contribution in [2.75, 3.05) is 11.9 Å². The highest BCUT2D eigenvalue weighted by Gasteiger charge is 2.26. The monoisotopic (exact) mass is 284 g/mol. The Bertz CT molecular complexity index is 671. The smallest absolute Gasteiger partial charge is 0.244 e. The van der Waals surface area contributed by atoms with Crippen LogP contribution in [0.15, 0.2) is 48.5 Å². The average molecular weight is 284 g/mol. The lowest BCUT2D eigenvalue weighted by Crippen LogP contribution is -2.48. The SMILES string of the molecule is CN(C(=O)[C@@H]1Cc2ccccc2CN1)c1cccc(F)c1. The highest BCUT2D eigenvalue weighted by molar-refractivity contribution is 5.97. The molecule has 2 aromatic carbocycles. The number of likely N-dealkylation sites (N-methyl/N-ethyl adjacent to an activating group) is 1. The Morgan fingerprint density at radius 3 is 2.71 bits per heavy atom. The summed E-state index contributed by atoms with van der Waals surface area (Å²) in [5.41, 5.74) is 3.00. The minimum absolute atomic E-state index is 0.0462. The summed E-state index contributed by atoms with van der Waals surface area (Å²) in [7, 11) is 1.68. The number of hydrogen-bond donors (Lipinski definition) is 1. The van der Waals surface area contributed by atoms with Gasteiger partial charge in [0.15, 0.2) is 0 Å². The first-order valence-electron chi connectivity index (χ1n) is 6.98. The predicted molar refractivity (Wildman–Crippen MR) is 80.6 cm³/mol. The van der Waals surface area contributed by atoms with Crippen LogP contribution in [0, 0.1) is 5.82 Å². The molecule has 1 aliphatic heterocycles. The van der Waals surface area contributed by atoms with Gasteiger partial charge in [-0.1, -0.05) is 30.3 Å². The quantitative estimate of drug-likeness (QED) is 0.919.